The first kappa shape index (κ1) is 46.5. The molecule has 0 saturated carbocycles. The minimum Gasteiger partial charge on any atom is -0.456 e. The molecule has 0 radical (unpaired) electrons. The lowest BCUT2D eigenvalue weighted by Crippen LogP contribution is -2.33. The fourth-order valence-corrected chi connectivity index (χ4v) is 15.7. The second-order valence-electron chi connectivity index (χ2n) is 24.3. The summed E-state index contributed by atoms with van der Waals surface area (Å²) >= 11 is 1.92. The molecule has 1 aromatic heterocycles. The van der Waals surface area contributed by atoms with Gasteiger partial charge in [-0.1, -0.05) is 235 Å². The summed E-state index contributed by atoms with van der Waals surface area (Å²) in [4.78, 5) is 5.19. The van der Waals surface area contributed by atoms with E-state index in [2.05, 4.69) is 283 Å². The van der Waals surface area contributed by atoms with Gasteiger partial charge in [0.15, 0.2) is 0 Å². The average molecular weight is 1030 g/mol. The van der Waals surface area contributed by atoms with E-state index in [1.54, 1.807) is 0 Å². The third-order valence-corrected chi connectivity index (χ3v) is 19.2. The molecule has 0 N–H and O–H groups in total. The Kier molecular flexibility index (Phi) is 9.68. The van der Waals surface area contributed by atoms with Crippen molar-refractivity contribution in [3.8, 4) is 44.5 Å². The number of hydrogen-bond donors (Lipinski definition) is 0. The topological polar surface area (TPSA) is 16.4 Å². The van der Waals surface area contributed by atoms with Gasteiger partial charge in [-0.3, -0.25) is 0 Å². The Morgan fingerprint density at radius 2 is 0.734 bits per heavy atom. The summed E-state index contributed by atoms with van der Waals surface area (Å²) in [6.07, 6.45) is 0. The molecule has 1 aliphatic heterocycles. The summed E-state index contributed by atoms with van der Waals surface area (Å²) in [5.41, 5.74) is 27.1. The van der Waals surface area contributed by atoms with Crippen LogP contribution in [0.1, 0.15) is 97.2 Å². The second-order valence-corrected chi connectivity index (χ2v) is 25.4. The van der Waals surface area contributed by atoms with Crippen molar-refractivity contribution in [3.05, 3.63) is 292 Å². The molecule has 2 nitrogen and oxygen atoms in total. The van der Waals surface area contributed by atoms with Crippen molar-refractivity contribution in [2.24, 2.45) is 0 Å². The van der Waals surface area contributed by atoms with Crippen molar-refractivity contribution in [2.75, 3.05) is 4.90 Å². The van der Waals surface area contributed by atoms with Crippen LogP contribution in [0.25, 0.3) is 66.4 Å². The van der Waals surface area contributed by atoms with E-state index >= 15 is 0 Å². The van der Waals surface area contributed by atoms with Gasteiger partial charge in [-0.15, -0.1) is 0 Å². The molecule has 79 heavy (non-hydrogen) atoms. The van der Waals surface area contributed by atoms with Crippen molar-refractivity contribution in [1.82, 2.24) is 0 Å². The smallest absolute Gasteiger partial charge is 0.136 e. The molecule has 2 spiro atoms. The Bertz CT molecular complexity index is 4450. The number of furan rings is 1. The van der Waals surface area contributed by atoms with Crippen molar-refractivity contribution in [3.63, 3.8) is 0 Å². The van der Waals surface area contributed by atoms with Crippen LogP contribution in [0.5, 0.6) is 0 Å². The van der Waals surface area contributed by atoms with Crippen molar-refractivity contribution in [2.45, 2.75) is 73.0 Å². The standard InChI is InChI=1S/C76H57NOS/c1-73(2,3)46-34-40-70-65(42-46)76(66-43-47(74(4,5)6)35-41-71(66)79-70)62-30-16-10-23-53(62)55-39-37-49(45-64(55)76)77(67-31-17-11-24-56(67)57-26-19-33-69-72(57)58-25-12-18-32-68(58)78-69)48-36-38-54-52-22-9-15-29-61(52)75(63(54)44-48)59-27-13-7-20-50(59)51-21-8-14-28-60(51)75/h7-45H,1-6H3. The van der Waals surface area contributed by atoms with E-state index in [1.165, 1.54) is 98.8 Å². The zero-order valence-corrected chi connectivity index (χ0v) is 46.1. The molecule has 16 rings (SSSR count). The highest BCUT2D eigenvalue weighted by Gasteiger charge is 2.53. The van der Waals surface area contributed by atoms with Gasteiger partial charge in [0, 0.05) is 37.5 Å². The average Bonchev–Trinajstić information content (AvgIpc) is 2.83. The van der Waals surface area contributed by atoms with E-state index in [-0.39, 0.29) is 10.8 Å². The molecule has 378 valence electrons. The molecule has 2 heterocycles. The fourth-order valence-electron chi connectivity index (χ4n) is 14.6. The van der Waals surface area contributed by atoms with Gasteiger partial charge in [0.2, 0.25) is 0 Å². The Hall–Kier alpha value is -8.63. The lowest BCUT2D eigenvalue weighted by atomic mass is 9.65. The molecule has 3 heteroatoms. The van der Waals surface area contributed by atoms with Gasteiger partial charge < -0.3 is 9.32 Å². The fraction of sp³-hybridized carbons (Fsp3) is 0.132. The number of fused-ring (bicyclic) bond motifs is 22. The van der Waals surface area contributed by atoms with Crippen LogP contribution >= 0.6 is 11.8 Å². The van der Waals surface area contributed by atoms with Gasteiger partial charge in [-0.25, -0.2) is 0 Å². The molecule has 0 amide bonds. The Morgan fingerprint density at radius 3 is 1.24 bits per heavy atom. The van der Waals surface area contributed by atoms with Crippen LogP contribution < -0.4 is 4.90 Å². The molecule has 0 saturated heterocycles. The third kappa shape index (κ3) is 6.31. The lowest BCUT2D eigenvalue weighted by Gasteiger charge is -2.41. The molecule has 4 aliphatic rings. The van der Waals surface area contributed by atoms with E-state index in [9.17, 15) is 0 Å². The molecule has 0 atom stereocenters. The highest BCUT2D eigenvalue weighted by atomic mass is 32.2. The van der Waals surface area contributed by atoms with Crippen molar-refractivity contribution >= 4 is 50.8 Å². The number of rotatable bonds is 4. The predicted octanol–water partition coefficient (Wildman–Crippen LogP) is 20.5. The first-order valence-electron chi connectivity index (χ1n) is 27.9. The second kappa shape index (κ2) is 16.5. The first-order chi connectivity index (χ1) is 38.4. The molecule has 0 bridgehead atoms. The molecular weight excluding hydrogens is 975 g/mol. The maximum Gasteiger partial charge on any atom is 0.136 e. The van der Waals surface area contributed by atoms with Crippen molar-refractivity contribution < 1.29 is 4.42 Å². The van der Waals surface area contributed by atoms with Crippen LogP contribution in [0.15, 0.2) is 251 Å². The molecular formula is C76H57NOS. The van der Waals surface area contributed by atoms with E-state index < -0.39 is 10.8 Å². The monoisotopic (exact) mass is 1030 g/mol. The van der Waals surface area contributed by atoms with Crippen LogP contribution in [-0.4, -0.2) is 0 Å². The maximum atomic E-state index is 6.62. The summed E-state index contributed by atoms with van der Waals surface area (Å²) in [6.45, 7) is 14.1. The highest BCUT2D eigenvalue weighted by Crippen LogP contribution is 2.66. The Morgan fingerprint density at radius 1 is 0.329 bits per heavy atom. The van der Waals surface area contributed by atoms with Crippen LogP contribution in [0.4, 0.5) is 17.1 Å². The zero-order valence-electron chi connectivity index (χ0n) is 45.3. The van der Waals surface area contributed by atoms with Crippen molar-refractivity contribution in [1.29, 1.82) is 0 Å². The molecule has 12 aromatic rings. The summed E-state index contributed by atoms with van der Waals surface area (Å²) in [5.74, 6) is 0. The van der Waals surface area contributed by atoms with E-state index in [0.717, 1.165) is 50.1 Å². The zero-order chi connectivity index (χ0) is 53.2. The number of hydrogen-bond acceptors (Lipinski definition) is 3. The highest BCUT2D eigenvalue weighted by molar-refractivity contribution is 7.99. The summed E-state index contributed by atoms with van der Waals surface area (Å²) in [5, 5.41) is 2.23. The van der Waals surface area contributed by atoms with Crippen LogP contribution in [0.3, 0.4) is 0 Å². The van der Waals surface area contributed by atoms with Crippen LogP contribution in [0.2, 0.25) is 0 Å². The number of benzene rings is 11. The van der Waals surface area contributed by atoms with E-state index in [1.807, 2.05) is 11.8 Å². The lowest BCUT2D eigenvalue weighted by molar-refractivity contribution is 0.581. The maximum absolute atomic E-state index is 6.62. The third-order valence-electron chi connectivity index (χ3n) is 18.1. The quantitative estimate of drug-likeness (QED) is 0.175. The number of para-hydroxylation sites is 2. The number of nitrogens with zero attached hydrogens (tertiary/aromatic N) is 1. The minimum absolute atomic E-state index is 0.0637. The molecule has 11 aromatic carbocycles. The summed E-state index contributed by atoms with van der Waals surface area (Å²) < 4.78 is 6.62. The van der Waals surface area contributed by atoms with Gasteiger partial charge in [0.25, 0.3) is 0 Å². The van der Waals surface area contributed by atoms with E-state index in [4.69, 9.17) is 4.42 Å². The van der Waals surface area contributed by atoms with Crippen LogP contribution in [0, 0.1) is 0 Å². The molecule has 0 unspecified atom stereocenters. The van der Waals surface area contributed by atoms with E-state index in [0.29, 0.717) is 0 Å². The molecule has 0 fully saturated rings. The first-order valence-corrected chi connectivity index (χ1v) is 28.7. The largest absolute Gasteiger partial charge is 0.456 e. The molecule has 3 aliphatic carbocycles. The van der Waals surface area contributed by atoms with Gasteiger partial charge in [0.1, 0.15) is 11.2 Å². The van der Waals surface area contributed by atoms with Gasteiger partial charge in [-0.2, -0.15) is 0 Å². The van der Waals surface area contributed by atoms with Gasteiger partial charge in [0.05, 0.1) is 16.5 Å². The Balaban J connectivity index is 1.01. The predicted molar refractivity (Wildman–Crippen MR) is 329 cm³/mol. The minimum atomic E-state index is -0.617. The van der Waals surface area contributed by atoms with Gasteiger partial charge in [-0.05, 0) is 160 Å². The SMILES string of the molecule is CC(C)(C)c1ccc2c(c1)C1(c3cc(C(C)(C)C)ccc3S2)c2ccccc2-c2ccc(N(c3ccc4c(c3)C3(c5ccccc5-c5ccccc53)c3ccccc3-4)c3ccccc3-c3cccc4oc5ccccc5c34)cc21. The van der Waals surface area contributed by atoms with Gasteiger partial charge >= 0.3 is 0 Å². The number of anilines is 3. The summed E-state index contributed by atoms with van der Waals surface area (Å²) in [7, 11) is 0. The van der Waals surface area contributed by atoms with Crippen LogP contribution in [-0.2, 0) is 21.7 Å². The normalized spacial score (nSPS) is 14.6. The Labute approximate surface area is 467 Å². The summed E-state index contributed by atoms with van der Waals surface area (Å²) in [6, 6.07) is 90.2.